The summed E-state index contributed by atoms with van der Waals surface area (Å²) in [5.41, 5.74) is 1.04. The minimum Gasteiger partial charge on any atom is -0.378 e. The monoisotopic (exact) mass is 397 g/mol. The first kappa shape index (κ1) is 19.8. The molecule has 2 aliphatic rings. The van der Waals surface area contributed by atoms with E-state index in [4.69, 9.17) is 9.72 Å². The summed E-state index contributed by atoms with van der Waals surface area (Å²) in [6.45, 7) is 11.5. The molecular weight excluding hydrogens is 366 g/mol. The highest BCUT2D eigenvalue weighted by Gasteiger charge is 2.28. The first-order valence-electron chi connectivity index (χ1n) is 10.4. The molecule has 1 unspecified atom stereocenters. The second-order valence-corrected chi connectivity index (χ2v) is 8.84. The van der Waals surface area contributed by atoms with Gasteiger partial charge in [-0.05, 0) is 24.6 Å². The van der Waals surface area contributed by atoms with Crippen molar-refractivity contribution >= 4 is 17.6 Å². The standard InChI is InChI=1S/C21H31N7O/c1-21(2,3)17-5-6-19(25-24-17)28-10-8-16(15-28)26(4)18-7-9-22-20(23-18)27-11-13-29-14-12-27/h5-7,9,16H,8,10-15H2,1-4H3. The van der Waals surface area contributed by atoms with Crippen LogP contribution in [0.2, 0.25) is 0 Å². The number of aromatic nitrogens is 4. The van der Waals surface area contributed by atoms with Crippen LogP contribution in [0, 0.1) is 0 Å². The van der Waals surface area contributed by atoms with Gasteiger partial charge in [0.2, 0.25) is 5.95 Å². The summed E-state index contributed by atoms with van der Waals surface area (Å²) in [6.07, 6.45) is 2.92. The number of hydrogen-bond acceptors (Lipinski definition) is 8. The predicted octanol–water partition coefficient (Wildman–Crippen LogP) is 2.12. The van der Waals surface area contributed by atoms with E-state index in [9.17, 15) is 0 Å². The fourth-order valence-corrected chi connectivity index (χ4v) is 3.80. The highest BCUT2D eigenvalue weighted by molar-refractivity contribution is 5.47. The minimum absolute atomic E-state index is 0.0183. The third-order valence-corrected chi connectivity index (χ3v) is 5.74. The summed E-state index contributed by atoms with van der Waals surface area (Å²) in [5.74, 6) is 2.70. The number of hydrogen-bond donors (Lipinski definition) is 0. The highest BCUT2D eigenvalue weighted by Crippen LogP contribution is 2.26. The van der Waals surface area contributed by atoms with E-state index in [0.29, 0.717) is 6.04 Å². The van der Waals surface area contributed by atoms with Crippen LogP contribution < -0.4 is 14.7 Å². The number of ether oxygens (including phenoxy) is 1. The van der Waals surface area contributed by atoms with E-state index in [0.717, 1.165) is 69.1 Å². The molecule has 1 atom stereocenters. The Balaban J connectivity index is 1.42. The second kappa shape index (κ2) is 8.10. The van der Waals surface area contributed by atoms with Crippen molar-refractivity contribution in [3.05, 3.63) is 30.1 Å². The summed E-state index contributed by atoms with van der Waals surface area (Å²) in [4.78, 5) is 16.0. The van der Waals surface area contributed by atoms with Crippen LogP contribution in [0.3, 0.4) is 0 Å². The van der Waals surface area contributed by atoms with Crippen LogP contribution in [-0.2, 0) is 10.2 Å². The van der Waals surface area contributed by atoms with Crippen LogP contribution in [-0.4, -0.2) is 72.6 Å². The molecule has 0 bridgehead atoms. The van der Waals surface area contributed by atoms with Crippen LogP contribution in [0.5, 0.6) is 0 Å². The lowest BCUT2D eigenvalue weighted by molar-refractivity contribution is 0.122. The lowest BCUT2D eigenvalue weighted by Crippen LogP contribution is -2.38. The zero-order valence-corrected chi connectivity index (χ0v) is 17.9. The van der Waals surface area contributed by atoms with E-state index in [1.54, 1.807) is 0 Å². The van der Waals surface area contributed by atoms with Gasteiger partial charge in [-0.15, -0.1) is 5.10 Å². The molecule has 2 fully saturated rings. The van der Waals surface area contributed by atoms with Gasteiger partial charge in [0.15, 0.2) is 5.82 Å². The fraction of sp³-hybridized carbons (Fsp3) is 0.619. The van der Waals surface area contributed by atoms with Crippen LogP contribution >= 0.6 is 0 Å². The Bertz CT molecular complexity index is 815. The molecule has 29 heavy (non-hydrogen) atoms. The zero-order valence-electron chi connectivity index (χ0n) is 17.9. The molecule has 8 nitrogen and oxygen atoms in total. The largest absolute Gasteiger partial charge is 0.378 e. The van der Waals surface area contributed by atoms with E-state index in [-0.39, 0.29) is 5.41 Å². The summed E-state index contributed by atoms with van der Waals surface area (Å²) < 4.78 is 5.44. The molecule has 2 aromatic heterocycles. The first-order valence-corrected chi connectivity index (χ1v) is 10.4. The molecule has 0 radical (unpaired) electrons. The van der Waals surface area contributed by atoms with Crippen molar-refractivity contribution in [2.75, 3.05) is 61.1 Å². The molecule has 0 saturated carbocycles. The van der Waals surface area contributed by atoms with Crippen LogP contribution in [0.1, 0.15) is 32.9 Å². The molecule has 4 rings (SSSR count). The number of morpholine rings is 1. The van der Waals surface area contributed by atoms with Crippen molar-refractivity contribution in [2.45, 2.75) is 38.6 Å². The van der Waals surface area contributed by atoms with E-state index >= 15 is 0 Å². The molecule has 0 aliphatic carbocycles. The molecule has 4 heterocycles. The van der Waals surface area contributed by atoms with E-state index in [2.05, 4.69) is 69.8 Å². The van der Waals surface area contributed by atoms with Gasteiger partial charge in [0, 0.05) is 50.9 Å². The van der Waals surface area contributed by atoms with E-state index in [1.807, 2.05) is 12.3 Å². The van der Waals surface area contributed by atoms with Gasteiger partial charge in [0.1, 0.15) is 5.82 Å². The van der Waals surface area contributed by atoms with Gasteiger partial charge in [-0.1, -0.05) is 20.8 Å². The first-order chi connectivity index (χ1) is 13.9. The Labute approximate surface area is 172 Å². The quantitative estimate of drug-likeness (QED) is 0.777. The van der Waals surface area contributed by atoms with E-state index < -0.39 is 0 Å². The molecular formula is C21H31N7O. The van der Waals surface area contributed by atoms with Gasteiger partial charge in [-0.2, -0.15) is 10.1 Å². The Morgan fingerprint density at radius 3 is 2.52 bits per heavy atom. The molecule has 0 spiro atoms. The lowest BCUT2D eigenvalue weighted by Gasteiger charge is -2.29. The molecule has 2 aliphatic heterocycles. The molecule has 8 heteroatoms. The average molecular weight is 398 g/mol. The minimum atomic E-state index is 0.0183. The number of anilines is 3. The normalized spacial score (nSPS) is 20.2. The average Bonchev–Trinajstić information content (AvgIpc) is 3.24. The summed E-state index contributed by atoms with van der Waals surface area (Å²) in [6, 6.07) is 6.56. The van der Waals surface area contributed by atoms with Crippen molar-refractivity contribution in [3.63, 3.8) is 0 Å². The predicted molar refractivity (Wildman–Crippen MR) is 115 cm³/mol. The second-order valence-electron chi connectivity index (χ2n) is 8.84. The van der Waals surface area contributed by atoms with Gasteiger partial charge >= 0.3 is 0 Å². The Hall–Kier alpha value is -2.48. The van der Waals surface area contributed by atoms with Crippen molar-refractivity contribution in [1.29, 1.82) is 0 Å². The van der Waals surface area contributed by atoms with Crippen molar-refractivity contribution in [1.82, 2.24) is 20.2 Å². The third kappa shape index (κ3) is 4.42. The molecule has 156 valence electrons. The number of rotatable bonds is 4. The number of nitrogens with zero attached hydrogens (tertiary/aromatic N) is 7. The highest BCUT2D eigenvalue weighted by atomic mass is 16.5. The Kier molecular flexibility index (Phi) is 5.54. The van der Waals surface area contributed by atoms with Gasteiger partial charge in [-0.3, -0.25) is 0 Å². The summed E-state index contributed by atoms with van der Waals surface area (Å²) >= 11 is 0. The van der Waals surface area contributed by atoms with Crippen LogP contribution in [0.4, 0.5) is 17.6 Å². The maximum atomic E-state index is 5.44. The summed E-state index contributed by atoms with van der Waals surface area (Å²) in [5, 5.41) is 8.93. The third-order valence-electron chi connectivity index (χ3n) is 5.74. The fourth-order valence-electron chi connectivity index (χ4n) is 3.80. The van der Waals surface area contributed by atoms with E-state index in [1.165, 1.54) is 0 Å². The molecule has 0 amide bonds. The smallest absolute Gasteiger partial charge is 0.227 e. The van der Waals surface area contributed by atoms with Crippen molar-refractivity contribution in [3.8, 4) is 0 Å². The molecule has 2 saturated heterocycles. The Morgan fingerprint density at radius 1 is 1.03 bits per heavy atom. The topological polar surface area (TPSA) is 70.5 Å². The van der Waals surface area contributed by atoms with Gasteiger partial charge in [-0.25, -0.2) is 4.98 Å². The van der Waals surface area contributed by atoms with Gasteiger partial charge in [0.25, 0.3) is 0 Å². The van der Waals surface area contributed by atoms with Crippen molar-refractivity contribution in [2.24, 2.45) is 0 Å². The zero-order chi connectivity index (χ0) is 20.4. The summed E-state index contributed by atoms with van der Waals surface area (Å²) in [7, 11) is 2.12. The maximum absolute atomic E-state index is 5.44. The van der Waals surface area contributed by atoms with Crippen LogP contribution in [0.15, 0.2) is 24.4 Å². The van der Waals surface area contributed by atoms with Crippen molar-refractivity contribution < 1.29 is 4.74 Å². The Morgan fingerprint density at radius 2 is 1.83 bits per heavy atom. The van der Waals surface area contributed by atoms with Gasteiger partial charge in [0.05, 0.1) is 18.9 Å². The maximum Gasteiger partial charge on any atom is 0.227 e. The van der Waals surface area contributed by atoms with Crippen LogP contribution in [0.25, 0.3) is 0 Å². The SMILES string of the molecule is CN(c1ccnc(N2CCOCC2)n1)C1CCN(c2ccc(C(C)(C)C)nn2)C1. The lowest BCUT2D eigenvalue weighted by atomic mass is 9.92. The molecule has 2 aromatic rings. The molecule has 0 N–H and O–H groups in total. The number of likely N-dealkylation sites (N-methyl/N-ethyl adjacent to an activating group) is 1. The van der Waals surface area contributed by atoms with Gasteiger partial charge < -0.3 is 19.4 Å². The molecule has 0 aromatic carbocycles.